The molecular weight excluding hydrogens is 545 g/mol. The second-order valence-corrected chi connectivity index (χ2v) is 12.4. The summed E-state index contributed by atoms with van der Waals surface area (Å²) in [6.45, 7) is 6.50. The van der Waals surface area contributed by atoms with E-state index in [2.05, 4.69) is 31.4 Å². The van der Waals surface area contributed by atoms with Crippen molar-refractivity contribution in [3.05, 3.63) is 82.9 Å². The highest BCUT2D eigenvalue weighted by atomic mass is 35.5. The van der Waals surface area contributed by atoms with Crippen LogP contribution in [0.3, 0.4) is 0 Å². The van der Waals surface area contributed by atoms with Crippen molar-refractivity contribution < 1.29 is 23.5 Å². The fraction of sp³-hybridized carbons (Fsp3) is 0.438. The van der Waals surface area contributed by atoms with Crippen LogP contribution in [0, 0.1) is 16.7 Å². The number of halogens is 2. The molecule has 4 rings (SSSR count). The van der Waals surface area contributed by atoms with Gasteiger partial charge in [0.05, 0.1) is 31.5 Å². The molecule has 6 atom stereocenters. The number of rotatable bonds is 8. The lowest BCUT2D eigenvalue weighted by Gasteiger charge is -2.47. The van der Waals surface area contributed by atoms with E-state index in [4.69, 9.17) is 26.8 Å². The van der Waals surface area contributed by atoms with Gasteiger partial charge in [0.2, 0.25) is 5.91 Å². The molecule has 0 saturated carbocycles. The zero-order valence-corrected chi connectivity index (χ0v) is 24.9. The molecule has 4 N–H and O–H groups in total. The number of hydrogen-bond donors (Lipinski definition) is 3. The third-order valence-electron chi connectivity index (χ3n) is 8.18. The summed E-state index contributed by atoms with van der Waals surface area (Å²) in [4.78, 5) is 26.2. The Morgan fingerprint density at radius 1 is 1.15 bits per heavy atom. The first-order chi connectivity index (χ1) is 19.4. The lowest BCUT2D eigenvalue weighted by molar-refractivity contribution is -0.118. The van der Waals surface area contributed by atoms with Gasteiger partial charge in [-0.15, -0.1) is 0 Å². The van der Waals surface area contributed by atoms with Crippen molar-refractivity contribution in [2.75, 3.05) is 26.1 Å². The van der Waals surface area contributed by atoms with Gasteiger partial charge in [-0.05, 0) is 47.8 Å². The van der Waals surface area contributed by atoms with Gasteiger partial charge in [0, 0.05) is 34.9 Å². The van der Waals surface area contributed by atoms with Crippen molar-refractivity contribution in [1.82, 2.24) is 5.32 Å². The molecule has 0 bridgehead atoms. The van der Waals surface area contributed by atoms with Crippen LogP contribution >= 0.6 is 11.6 Å². The Morgan fingerprint density at radius 3 is 2.44 bits per heavy atom. The molecule has 1 saturated heterocycles. The van der Waals surface area contributed by atoms with Gasteiger partial charge in [0.25, 0.3) is 0 Å². The summed E-state index contributed by atoms with van der Waals surface area (Å²) < 4.78 is 26.2. The predicted molar refractivity (Wildman–Crippen MR) is 160 cm³/mol. The fourth-order valence-electron chi connectivity index (χ4n) is 6.43. The number of carbonyl (C=O) groups is 2. The first kappa shape index (κ1) is 30.8. The van der Waals surface area contributed by atoms with E-state index >= 15 is 4.39 Å². The van der Waals surface area contributed by atoms with Crippen LogP contribution in [0.25, 0.3) is 0 Å². The normalized spacial score (nSPS) is 27.7. The molecule has 2 aliphatic rings. The summed E-state index contributed by atoms with van der Waals surface area (Å²) in [5.74, 6) is -1.62. The summed E-state index contributed by atoms with van der Waals surface area (Å²) in [6.07, 6.45) is 4.22. The fourth-order valence-corrected chi connectivity index (χ4v) is 6.62. The summed E-state index contributed by atoms with van der Waals surface area (Å²) in [6, 6.07) is 13.3. The Kier molecular flexibility index (Phi) is 9.26. The summed E-state index contributed by atoms with van der Waals surface area (Å²) >= 11 is 6.19. The maximum absolute atomic E-state index is 15.9. The topological polar surface area (TPSA) is 103 Å². The number of amides is 1. The Balaban J connectivity index is 1.82. The number of esters is 1. The molecule has 0 aromatic heterocycles. The molecule has 0 radical (unpaired) electrons. The second-order valence-electron chi connectivity index (χ2n) is 11.9. The van der Waals surface area contributed by atoms with Gasteiger partial charge in [0.15, 0.2) is 0 Å². The minimum absolute atomic E-state index is 0.141. The predicted octanol–water partition coefficient (Wildman–Crippen LogP) is 5.57. The number of methoxy groups -OCH3 is 2. The number of anilines is 1. The van der Waals surface area contributed by atoms with Crippen LogP contribution in [0.5, 0.6) is 5.75 Å². The largest absolute Gasteiger partial charge is 0.495 e. The summed E-state index contributed by atoms with van der Waals surface area (Å²) in [7, 11) is 2.76. The zero-order chi connectivity index (χ0) is 29.9. The van der Waals surface area contributed by atoms with Crippen molar-refractivity contribution in [1.29, 1.82) is 0 Å². The van der Waals surface area contributed by atoms with Crippen LogP contribution < -0.4 is 21.1 Å². The highest BCUT2D eigenvalue weighted by Gasteiger charge is 2.61. The molecule has 2 aromatic rings. The average molecular weight is 584 g/mol. The lowest BCUT2D eigenvalue weighted by Crippen LogP contribution is -2.53. The Bertz CT molecular complexity index is 1330. The SMILES string of the molecule is COC(=O)c1ccc(NC(=O)[C@@H]2N[C@@H](CC(C)(C)C)[C@](CN)(C3C=CC(Cl)=CC3F)[C@H]2c2ccccc2)c(OC)c1. The van der Waals surface area contributed by atoms with Gasteiger partial charge in [-0.2, -0.15) is 0 Å². The van der Waals surface area contributed by atoms with E-state index in [1.807, 2.05) is 36.4 Å². The molecule has 2 aromatic carbocycles. The number of nitrogens with one attached hydrogen (secondary N) is 2. The van der Waals surface area contributed by atoms with Crippen LogP contribution in [-0.4, -0.2) is 50.9 Å². The van der Waals surface area contributed by atoms with E-state index in [1.165, 1.54) is 26.4 Å². The molecule has 1 aliphatic carbocycles. The number of nitrogens with two attached hydrogens (primary N) is 1. The van der Waals surface area contributed by atoms with Gasteiger partial charge in [0.1, 0.15) is 11.9 Å². The summed E-state index contributed by atoms with van der Waals surface area (Å²) in [5.41, 5.74) is 7.23. The molecule has 7 nitrogen and oxygen atoms in total. The standard InChI is InChI=1S/C32H39ClFN3O4/c1-31(2,3)17-26-32(18-35,22-13-12-21(33)16-23(22)34)27(19-9-7-6-8-10-19)28(37-26)29(38)36-24-14-11-20(30(39)41-5)15-25(24)40-4/h6-16,22-23,26-28,37H,17-18,35H2,1-5H3,(H,36,38)/t22?,23?,26-,27-,28+,32-/m0/s1. The minimum Gasteiger partial charge on any atom is -0.495 e. The lowest BCUT2D eigenvalue weighted by atomic mass is 9.57. The van der Waals surface area contributed by atoms with Crippen LogP contribution in [0.15, 0.2) is 71.8 Å². The van der Waals surface area contributed by atoms with Crippen molar-refractivity contribution in [3.8, 4) is 5.75 Å². The molecule has 41 heavy (non-hydrogen) atoms. The smallest absolute Gasteiger partial charge is 0.337 e. The Hall–Kier alpha value is -3.20. The molecule has 1 amide bonds. The van der Waals surface area contributed by atoms with E-state index in [-0.39, 0.29) is 23.9 Å². The van der Waals surface area contributed by atoms with Gasteiger partial charge < -0.3 is 25.8 Å². The third kappa shape index (κ3) is 6.20. The monoisotopic (exact) mass is 583 g/mol. The van der Waals surface area contributed by atoms with Crippen molar-refractivity contribution in [2.45, 2.75) is 51.4 Å². The Labute approximate surface area is 246 Å². The van der Waals surface area contributed by atoms with Crippen molar-refractivity contribution >= 4 is 29.2 Å². The van der Waals surface area contributed by atoms with Gasteiger partial charge >= 0.3 is 5.97 Å². The Morgan fingerprint density at radius 2 is 1.85 bits per heavy atom. The van der Waals surface area contributed by atoms with E-state index in [0.717, 1.165) is 5.56 Å². The molecule has 1 aliphatic heterocycles. The van der Waals surface area contributed by atoms with Crippen LogP contribution in [0.1, 0.15) is 49.0 Å². The number of benzene rings is 2. The van der Waals surface area contributed by atoms with Gasteiger partial charge in [-0.25, -0.2) is 9.18 Å². The third-order valence-corrected chi connectivity index (χ3v) is 8.43. The van der Waals surface area contributed by atoms with Gasteiger partial charge in [-0.1, -0.05) is 68.8 Å². The first-order valence-electron chi connectivity index (χ1n) is 13.7. The van der Waals surface area contributed by atoms with E-state index in [0.29, 0.717) is 28.5 Å². The maximum Gasteiger partial charge on any atom is 0.337 e. The zero-order valence-electron chi connectivity index (χ0n) is 24.1. The number of hydrogen-bond acceptors (Lipinski definition) is 6. The van der Waals surface area contributed by atoms with E-state index in [9.17, 15) is 9.59 Å². The molecular formula is C32H39ClFN3O4. The molecule has 2 unspecified atom stereocenters. The molecule has 9 heteroatoms. The first-order valence-corrected chi connectivity index (χ1v) is 14.1. The molecule has 220 valence electrons. The highest BCUT2D eigenvalue weighted by Crippen LogP contribution is 2.56. The van der Waals surface area contributed by atoms with E-state index in [1.54, 1.807) is 18.2 Å². The molecule has 1 fully saturated rings. The number of allylic oxidation sites excluding steroid dienone is 4. The number of alkyl halides is 1. The van der Waals surface area contributed by atoms with Crippen molar-refractivity contribution in [3.63, 3.8) is 0 Å². The molecule has 0 spiro atoms. The van der Waals surface area contributed by atoms with Gasteiger partial charge in [-0.3, -0.25) is 4.79 Å². The van der Waals surface area contributed by atoms with Crippen molar-refractivity contribution in [2.24, 2.45) is 22.5 Å². The summed E-state index contributed by atoms with van der Waals surface area (Å²) in [5, 5.41) is 6.93. The molecule has 1 heterocycles. The van der Waals surface area contributed by atoms with Crippen LogP contribution in [0.2, 0.25) is 0 Å². The number of ether oxygens (including phenoxy) is 2. The number of carbonyl (C=O) groups excluding carboxylic acids is 2. The average Bonchev–Trinajstić information content (AvgIpc) is 3.26. The van der Waals surface area contributed by atoms with Crippen LogP contribution in [0.4, 0.5) is 10.1 Å². The highest BCUT2D eigenvalue weighted by molar-refractivity contribution is 6.31. The second kappa shape index (κ2) is 12.3. The van der Waals surface area contributed by atoms with E-state index < -0.39 is 35.4 Å². The minimum atomic E-state index is -1.38. The quantitative estimate of drug-likeness (QED) is 0.351. The van der Waals surface area contributed by atoms with Crippen LogP contribution in [-0.2, 0) is 9.53 Å². The maximum atomic E-state index is 15.9.